The van der Waals surface area contributed by atoms with Crippen LogP contribution in [0.15, 0.2) is 54.6 Å². The minimum Gasteiger partial charge on any atom is -0.480 e. The van der Waals surface area contributed by atoms with E-state index in [0.29, 0.717) is 16.8 Å². The van der Waals surface area contributed by atoms with E-state index in [1.165, 1.54) is 7.11 Å². The third-order valence-corrected chi connectivity index (χ3v) is 4.92. The third-order valence-electron chi connectivity index (χ3n) is 4.92. The Balaban J connectivity index is 2.02. The van der Waals surface area contributed by atoms with Gasteiger partial charge in [0.15, 0.2) is 0 Å². The second-order valence-electron chi connectivity index (χ2n) is 6.60. The number of hydrogen-bond acceptors (Lipinski definition) is 5. The summed E-state index contributed by atoms with van der Waals surface area (Å²) >= 11 is 0. The average Bonchev–Trinajstić information content (AvgIpc) is 3.15. The molecule has 1 aliphatic heterocycles. The van der Waals surface area contributed by atoms with E-state index in [1.54, 1.807) is 54.6 Å². The van der Waals surface area contributed by atoms with Gasteiger partial charge in [-0.05, 0) is 36.2 Å². The van der Waals surface area contributed by atoms with Gasteiger partial charge in [-0.2, -0.15) is 5.26 Å². The lowest BCUT2D eigenvalue weighted by atomic mass is 9.92. The van der Waals surface area contributed by atoms with Crippen LogP contribution in [0.4, 0.5) is 10.5 Å². The number of carbonyl (C=O) groups is 3. The zero-order valence-corrected chi connectivity index (χ0v) is 15.6. The quantitative estimate of drug-likeness (QED) is 0.771. The Labute approximate surface area is 167 Å². The summed E-state index contributed by atoms with van der Waals surface area (Å²) in [7, 11) is 1.22. The maximum absolute atomic E-state index is 13.0. The Morgan fingerprint density at radius 1 is 1.14 bits per heavy atom. The van der Waals surface area contributed by atoms with Crippen molar-refractivity contribution >= 4 is 23.7 Å². The van der Waals surface area contributed by atoms with Gasteiger partial charge in [0.05, 0.1) is 30.7 Å². The fraction of sp³-hybridized carbons (Fsp3) is 0.238. The van der Waals surface area contributed by atoms with Gasteiger partial charge in [-0.25, -0.2) is 9.59 Å². The highest BCUT2D eigenvalue weighted by molar-refractivity contribution is 5.94. The first-order valence-electron chi connectivity index (χ1n) is 8.91. The van der Waals surface area contributed by atoms with Crippen molar-refractivity contribution < 1.29 is 24.2 Å². The molecule has 2 amide bonds. The summed E-state index contributed by atoms with van der Waals surface area (Å²) in [4.78, 5) is 38.5. The van der Waals surface area contributed by atoms with E-state index in [0.717, 1.165) is 4.90 Å². The van der Waals surface area contributed by atoms with E-state index < -0.39 is 36.0 Å². The number of nitrogens with zero attached hydrogens (tertiary/aromatic N) is 2. The smallest absolute Gasteiger partial charge is 0.326 e. The van der Waals surface area contributed by atoms with Gasteiger partial charge < -0.3 is 20.1 Å². The number of likely N-dealkylation sites (tertiary alicyclic amines) is 1. The number of aliphatic carboxylic acids is 1. The van der Waals surface area contributed by atoms with Gasteiger partial charge >= 0.3 is 18.0 Å². The van der Waals surface area contributed by atoms with Crippen molar-refractivity contribution in [2.75, 3.05) is 12.4 Å². The first-order chi connectivity index (χ1) is 14.0. The van der Waals surface area contributed by atoms with Gasteiger partial charge in [0.1, 0.15) is 6.04 Å². The number of urea groups is 1. The molecule has 0 saturated carbocycles. The Hall–Kier alpha value is -3.86. The molecule has 0 radical (unpaired) electrons. The van der Waals surface area contributed by atoms with Gasteiger partial charge in [0.25, 0.3) is 0 Å². The largest absolute Gasteiger partial charge is 0.480 e. The summed E-state index contributed by atoms with van der Waals surface area (Å²) in [6.07, 6.45) is -0.0745. The molecule has 148 valence electrons. The predicted octanol–water partition coefficient (Wildman–Crippen LogP) is 2.78. The molecular formula is C21H19N3O5. The number of esters is 1. The Bertz CT molecular complexity index is 953. The standard InChI is InChI=1S/C21H19N3O5/c1-29-20(27)16-11-17(19(25)26)24(21(28)23-15-5-3-2-4-6-15)18(16)14-9-7-13(12-22)8-10-14/h2-10,16-18H,11H2,1H3,(H,23,28)(H,25,26). The molecule has 1 heterocycles. The number of nitrogens with one attached hydrogen (secondary N) is 1. The summed E-state index contributed by atoms with van der Waals surface area (Å²) in [5.74, 6) is -2.66. The SMILES string of the molecule is COC(=O)C1CC(C(=O)O)N(C(=O)Nc2ccccc2)C1c1ccc(C#N)cc1. The molecule has 1 saturated heterocycles. The fourth-order valence-corrected chi connectivity index (χ4v) is 3.59. The summed E-state index contributed by atoms with van der Waals surface area (Å²) in [5, 5.41) is 21.4. The Kier molecular flexibility index (Phi) is 5.79. The number of amides is 2. The molecule has 2 aromatic carbocycles. The lowest BCUT2D eigenvalue weighted by Crippen LogP contribution is -2.44. The number of nitriles is 1. The Morgan fingerprint density at radius 2 is 1.79 bits per heavy atom. The van der Waals surface area contributed by atoms with E-state index in [-0.39, 0.29) is 6.42 Å². The van der Waals surface area contributed by atoms with Crippen LogP contribution in [0.1, 0.15) is 23.6 Å². The lowest BCUT2D eigenvalue weighted by Gasteiger charge is -2.30. The van der Waals surface area contributed by atoms with Crippen LogP contribution in [-0.4, -0.2) is 41.1 Å². The monoisotopic (exact) mass is 393 g/mol. The highest BCUT2D eigenvalue weighted by atomic mass is 16.5. The molecule has 1 aliphatic rings. The minimum atomic E-state index is -1.21. The number of carbonyl (C=O) groups excluding carboxylic acids is 2. The van der Waals surface area contributed by atoms with Crippen molar-refractivity contribution in [1.29, 1.82) is 5.26 Å². The van der Waals surface area contributed by atoms with Crippen molar-refractivity contribution in [2.45, 2.75) is 18.5 Å². The normalized spacial score (nSPS) is 20.6. The summed E-state index contributed by atoms with van der Waals surface area (Å²) in [6.45, 7) is 0. The van der Waals surface area contributed by atoms with Crippen LogP contribution in [0.5, 0.6) is 0 Å². The summed E-state index contributed by atoms with van der Waals surface area (Å²) < 4.78 is 4.86. The zero-order chi connectivity index (χ0) is 21.0. The number of rotatable bonds is 4. The van der Waals surface area contributed by atoms with Crippen LogP contribution >= 0.6 is 0 Å². The molecule has 2 N–H and O–H groups in total. The second kappa shape index (κ2) is 8.44. The minimum absolute atomic E-state index is 0.0745. The van der Waals surface area contributed by atoms with Crippen LogP contribution in [0.25, 0.3) is 0 Å². The molecule has 2 aromatic rings. The van der Waals surface area contributed by atoms with E-state index >= 15 is 0 Å². The van der Waals surface area contributed by atoms with E-state index in [4.69, 9.17) is 10.00 Å². The summed E-state index contributed by atoms with van der Waals surface area (Å²) in [5.41, 5.74) is 1.46. The lowest BCUT2D eigenvalue weighted by molar-refractivity contribution is -0.146. The van der Waals surface area contributed by atoms with Gasteiger partial charge in [0, 0.05) is 5.69 Å². The second-order valence-corrected chi connectivity index (χ2v) is 6.60. The highest BCUT2D eigenvalue weighted by Crippen LogP contribution is 2.42. The van der Waals surface area contributed by atoms with Crippen LogP contribution in [0, 0.1) is 17.2 Å². The van der Waals surface area contributed by atoms with Crippen LogP contribution in [-0.2, 0) is 14.3 Å². The number of benzene rings is 2. The van der Waals surface area contributed by atoms with Crippen molar-refractivity contribution in [3.8, 4) is 6.07 Å². The highest BCUT2D eigenvalue weighted by Gasteiger charge is 2.51. The number of para-hydroxylation sites is 1. The van der Waals surface area contributed by atoms with Gasteiger partial charge in [-0.15, -0.1) is 0 Å². The molecule has 0 aliphatic carbocycles. The first kappa shape index (κ1) is 19.9. The molecule has 0 bridgehead atoms. The average molecular weight is 393 g/mol. The molecule has 29 heavy (non-hydrogen) atoms. The molecule has 1 fully saturated rings. The number of carboxylic acid groups (broad SMARTS) is 1. The van der Waals surface area contributed by atoms with Crippen LogP contribution in [0.2, 0.25) is 0 Å². The number of carboxylic acids is 1. The fourth-order valence-electron chi connectivity index (χ4n) is 3.59. The summed E-state index contributed by atoms with van der Waals surface area (Å²) in [6, 6.07) is 14.3. The molecule has 8 heteroatoms. The van der Waals surface area contributed by atoms with Crippen LogP contribution < -0.4 is 5.32 Å². The number of anilines is 1. The van der Waals surface area contributed by atoms with Crippen molar-refractivity contribution in [1.82, 2.24) is 4.90 Å². The molecule has 0 spiro atoms. The first-order valence-corrected chi connectivity index (χ1v) is 8.91. The Morgan fingerprint density at radius 3 is 2.34 bits per heavy atom. The molecule has 3 unspecified atom stereocenters. The van der Waals surface area contributed by atoms with Crippen molar-refractivity contribution in [3.63, 3.8) is 0 Å². The maximum atomic E-state index is 13.0. The number of ether oxygens (including phenoxy) is 1. The maximum Gasteiger partial charge on any atom is 0.326 e. The van der Waals surface area contributed by atoms with E-state index in [1.807, 2.05) is 6.07 Å². The van der Waals surface area contributed by atoms with Crippen molar-refractivity contribution in [2.24, 2.45) is 5.92 Å². The molecule has 3 rings (SSSR count). The van der Waals surface area contributed by atoms with Gasteiger partial charge in [-0.3, -0.25) is 4.79 Å². The van der Waals surface area contributed by atoms with Gasteiger partial charge in [0.2, 0.25) is 0 Å². The molecule has 0 aromatic heterocycles. The number of methoxy groups -OCH3 is 1. The zero-order valence-electron chi connectivity index (χ0n) is 15.6. The predicted molar refractivity (Wildman–Crippen MR) is 103 cm³/mol. The molecule has 8 nitrogen and oxygen atoms in total. The topological polar surface area (TPSA) is 120 Å². The van der Waals surface area contributed by atoms with Crippen LogP contribution in [0.3, 0.4) is 0 Å². The van der Waals surface area contributed by atoms with Gasteiger partial charge in [-0.1, -0.05) is 30.3 Å². The third kappa shape index (κ3) is 4.04. The number of hydrogen-bond donors (Lipinski definition) is 2. The molecular weight excluding hydrogens is 374 g/mol. The molecule has 3 atom stereocenters. The van der Waals surface area contributed by atoms with E-state index in [9.17, 15) is 19.5 Å². The van der Waals surface area contributed by atoms with Crippen molar-refractivity contribution in [3.05, 3.63) is 65.7 Å². The van der Waals surface area contributed by atoms with E-state index in [2.05, 4.69) is 5.32 Å².